The normalized spacial score (nSPS) is 10.7. The first-order valence-corrected chi connectivity index (χ1v) is 7.99. The lowest BCUT2D eigenvalue weighted by atomic mass is 10.1. The number of carbonyl (C=O) groups is 1. The Morgan fingerprint density at radius 3 is 2.88 bits per heavy atom. The molecule has 0 amide bonds. The average Bonchev–Trinajstić information content (AvgIpc) is 2.61. The van der Waals surface area contributed by atoms with E-state index < -0.39 is 5.97 Å². The van der Waals surface area contributed by atoms with Crippen LogP contribution >= 0.6 is 11.6 Å². The van der Waals surface area contributed by atoms with Gasteiger partial charge in [-0.2, -0.15) is 0 Å². The van der Waals surface area contributed by atoms with E-state index >= 15 is 0 Å². The number of esters is 1. The van der Waals surface area contributed by atoms with E-state index in [1.54, 1.807) is 42.6 Å². The zero-order valence-corrected chi connectivity index (χ0v) is 14.2. The number of hydrogen-bond acceptors (Lipinski definition) is 4. The Hall–Kier alpha value is -2.66. The van der Waals surface area contributed by atoms with Gasteiger partial charge in [0.15, 0.2) is 6.61 Å². The molecule has 0 aliphatic heterocycles. The van der Waals surface area contributed by atoms with Crippen molar-refractivity contribution in [1.82, 2.24) is 4.98 Å². The number of hydrogen-bond donors (Lipinski definition) is 0. The van der Waals surface area contributed by atoms with Crippen molar-refractivity contribution in [2.75, 3.05) is 6.61 Å². The van der Waals surface area contributed by atoms with Crippen LogP contribution in [0, 0.1) is 12.7 Å². The molecule has 3 aromatic rings. The van der Waals surface area contributed by atoms with E-state index in [4.69, 9.17) is 21.1 Å². The first-order valence-electron chi connectivity index (χ1n) is 7.61. The summed E-state index contributed by atoms with van der Waals surface area (Å²) >= 11 is 5.88. The summed E-state index contributed by atoms with van der Waals surface area (Å²) in [7, 11) is 0. The molecular formula is C19H15ClFNO3. The van der Waals surface area contributed by atoms with Gasteiger partial charge in [0.1, 0.15) is 18.2 Å². The summed E-state index contributed by atoms with van der Waals surface area (Å²) in [4.78, 5) is 16.1. The van der Waals surface area contributed by atoms with Crippen LogP contribution in [0.3, 0.4) is 0 Å². The highest BCUT2D eigenvalue weighted by Gasteiger charge is 2.11. The van der Waals surface area contributed by atoms with Crippen molar-refractivity contribution in [2.45, 2.75) is 13.5 Å². The summed E-state index contributed by atoms with van der Waals surface area (Å²) in [5, 5.41) is 0.993. The third-order valence-corrected chi connectivity index (χ3v) is 3.91. The highest BCUT2D eigenvalue weighted by molar-refractivity contribution is 6.30. The van der Waals surface area contributed by atoms with Crippen LogP contribution in [0.5, 0.6) is 5.75 Å². The molecule has 0 unspecified atom stereocenters. The Balaban J connectivity index is 1.62. The summed E-state index contributed by atoms with van der Waals surface area (Å²) in [6.07, 6.45) is 1.57. The number of halogens is 2. The fourth-order valence-corrected chi connectivity index (χ4v) is 2.65. The Labute approximate surface area is 149 Å². The molecule has 0 N–H and O–H groups in total. The number of aromatic nitrogens is 1. The molecule has 4 nitrogen and oxygen atoms in total. The second-order valence-electron chi connectivity index (χ2n) is 5.47. The molecule has 1 aromatic heterocycles. The van der Waals surface area contributed by atoms with Crippen molar-refractivity contribution in [1.29, 1.82) is 0 Å². The zero-order valence-electron chi connectivity index (χ0n) is 13.5. The summed E-state index contributed by atoms with van der Waals surface area (Å²) < 4.78 is 24.4. The second-order valence-corrected chi connectivity index (χ2v) is 5.90. The van der Waals surface area contributed by atoms with Gasteiger partial charge in [-0.3, -0.25) is 4.98 Å². The zero-order chi connectivity index (χ0) is 17.8. The standard InChI is InChI=1S/C19H15ClFNO3/c1-12-9-14(20)5-7-17(12)24-11-18(23)25-10-13-4-6-16(21)15-3-2-8-22-19(13)15/h2-9H,10-11H2,1H3. The van der Waals surface area contributed by atoms with Crippen LogP contribution in [0.1, 0.15) is 11.1 Å². The highest BCUT2D eigenvalue weighted by atomic mass is 35.5. The van der Waals surface area contributed by atoms with E-state index in [1.807, 2.05) is 6.92 Å². The molecule has 0 saturated heterocycles. The lowest BCUT2D eigenvalue weighted by Gasteiger charge is -2.10. The molecule has 3 rings (SSSR count). The highest BCUT2D eigenvalue weighted by Crippen LogP contribution is 2.22. The van der Waals surface area contributed by atoms with Gasteiger partial charge in [-0.25, -0.2) is 9.18 Å². The molecule has 0 saturated carbocycles. The van der Waals surface area contributed by atoms with Crippen LogP contribution in [-0.2, 0) is 16.1 Å². The van der Waals surface area contributed by atoms with Gasteiger partial charge in [0, 0.05) is 22.2 Å². The van der Waals surface area contributed by atoms with Crippen LogP contribution in [0.4, 0.5) is 4.39 Å². The molecule has 0 fully saturated rings. The molecule has 2 aromatic carbocycles. The predicted octanol–water partition coefficient (Wildman–Crippen LogP) is 4.46. The van der Waals surface area contributed by atoms with Crippen LogP contribution < -0.4 is 4.74 Å². The van der Waals surface area contributed by atoms with E-state index in [0.29, 0.717) is 27.2 Å². The van der Waals surface area contributed by atoms with Crippen molar-refractivity contribution in [3.63, 3.8) is 0 Å². The fraction of sp³-hybridized carbons (Fsp3) is 0.158. The molecular weight excluding hydrogens is 345 g/mol. The molecule has 1 heterocycles. The summed E-state index contributed by atoms with van der Waals surface area (Å²) in [6, 6.07) is 11.3. The molecule has 0 bridgehead atoms. The van der Waals surface area contributed by atoms with Crippen molar-refractivity contribution in [3.8, 4) is 5.75 Å². The minimum absolute atomic E-state index is 0.00438. The molecule has 25 heavy (non-hydrogen) atoms. The maximum atomic E-state index is 13.8. The second kappa shape index (κ2) is 7.49. The maximum Gasteiger partial charge on any atom is 0.344 e. The van der Waals surface area contributed by atoms with Crippen LogP contribution in [0.15, 0.2) is 48.7 Å². The number of rotatable bonds is 5. The number of fused-ring (bicyclic) bond motifs is 1. The Morgan fingerprint density at radius 2 is 2.08 bits per heavy atom. The fourth-order valence-electron chi connectivity index (χ4n) is 2.42. The predicted molar refractivity (Wildman–Crippen MR) is 93.2 cm³/mol. The SMILES string of the molecule is Cc1cc(Cl)ccc1OCC(=O)OCc1ccc(F)c2cccnc12. The smallest absolute Gasteiger partial charge is 0.344 e. The molecule has 0 aliphatic carbocycles. The minimum Gasteiger partial charge on any atom is -0.482 e. The summed E-state index contributed by atoms with van der Waals surface area (Å²) in [5.74, 6) is -0.322. The van der Waals surface area contributed by atoms with E-state index in [-0.39, 0.29) is 19.0 Å². The lowest BCUT2D eigenvalue weighted by Crippen LogP contribution is -2.15. The average molecular weight is 360 g/mol. The van der Waals surface area contributed by atoms with E-state index in [2.05, 4.69) is 4.98 Å². The summed E-state index contributed by atoms with van der Waals surface area (Å²) in [6.45, 7) is 1.60. The van der Waals surface area contributed by atoms with Gasteiger partial charge < -0.3 is 9.47 Å². The number of aryl methyl sites for hydroxylation is 1. The number of pyridine rings is 1. The molecule has 0 spiro atoms. The number of ether oxygens (including phenoxy) is 2. The van der Waals surface area contributed by atoms with Crippen molar-refractivity contribution in [3.05, 3.63) is 70.6 Å². The largest absolute Gasteiger partial charge is 0.482 e. The molecule has 0 aliphatic rings. The van der Waals surface area contributed by atoms with Gasteiger partial charge in [0.25, 0.3) is 0 Å². The van der Waals surface area contributed by atoms with Crippen molar-refractivity contribution < 1.29 is 18.7 Å². The molecule has 0 atom stereocenters. The lowest BCUT2D eigenvalue weighted by molar-refractivity contribution is -0.147. The van der Waals surface area contributed by atoms with E-state index in [9.17, 15) is 9.18 Å². The third kappa shape index (κ3) is 4.06. The Kier molecular flexibility index (Phi) is 5.14. The van der Waals surface area contributed by atoms with Gasteiger partial charge in [-0.15, -0.1) is 0 Å². The Bertz CT molecular complexity index is 930. The van der Waals surface area contributed by atoms with Crippen LogP contribution in [0.25, 0.3) is 10.9 Å². The quantitative estimate of drug-likeness (QED) is 0.631. The Morgan fingerprint density at radius 1 is 1.24 bits per heavy atom. The molecule has 128 valence electrons. The van der Waals surface area contributed by atoms with Gasteiger partial charge in [0.05, 0.1) is 5.52 Å². The van der Waals surface area contributed by atoms with Crippen LogP contribution in [0.2, 0.25) is 5.02 Å². The van der Waals surface area contributed by atoms with Crippen molar-refractivity contribution in [2.24, 2.45) is 0 Å². The van der Waals surface area contributed by atoms with E-state index in [1.165, 1.54) is 6.07 Å². The summed E-state index contributed by atoms with van der Waals surface area (Å²) in [5.41, 5.74) is 1.94. The number of benzene rings is 2. The van der Waals surface area contributed by atoms with Gasteiger partial charge in [-0.05, 0) is 48.9 Å². The first kappa shape index (κ1) is 17.2. The van der Waals surface area contributed by atoms with Crippen molar-refractivity contribution >= 4 is 28.5 Å². The molecule has 6 heteroatoms. The number of carbonyl (C=O) groups excluding carboxylic acids is 1. The maximum absolute atomic E-state index is 13.8. The number of nitrogens with zero attached hydrogens (tertiary/aromatic N) is 1. The molecule has 0 radical (unpaired) electrons. The van der Waals surface area contributed by atoms with Crippen LogP contribution in [-0.4, -0.2) is 17.6 Å². The van der Waals surface area contributed by atoms with Gasteiger partial charge >= 0.3 is 5.97 Å². The monoisotopic (exact) mass is 359 g/mol. The van der Waals surface area contributed by atoms with Gasteiger partial charge in [-0.1, -0.05) is 17.7 Å². The van der Waals surface area contributed by atoms with E-state index in [0.717, 1.165) is 5.56 Å². The topological polar surface area (TPSA) is 48.4 Å². The minimum atomic E-state index is -0.525. The third-order valence-electron chi connectivity index (χ3n) is 3.67. The van der Waals surface area contributed by atoms with Gasteiger partial charge in [0.2, 0.25) is 0 Å². The first-order chi connectivity index (χ1) is 12.0.